The minimum Gasteiger partial charge on any atom is -0.462 e. The number of ether oxygens (including phenoxy) is 2. The first-order valence-electron chi connectivity index (χ1n) is 6.85. The van der Waals surface area contributed by atoms with E-state index in [1.165, 1.54) is 6.08 Å². The SMILES string of the molecule is CCOC(=O)C(C#N)=Cc1cccc(Oc2ccccc2)c1. The molecule has 2 aromatic carbocycles. The van der Waals surface area contributed by atoms with Crippen molar-refractivity contribution in [1.29, 1.82) is 5.26 Å². The van der Waals surface area contributed by atoms with E-state index in [0.717, 1.165) is 5.75 Å². The Kier molecular flexibility index (Phi) is 5.33. The van der Waals surface area contributed by atoms with Crippen LogP contribution in [0.2, 0.25) is 0 Å². The summed E-state index contributed by atoms with van der Waals surface area (Å²) >= 11 is 0. The largest absolute Gasteiger partial charge is 0.462 e. The molecule has 0 N–H and O–H groups in total. The van der Waals surface area contributed by atoms with Gasteiger partial charge in [-0.15, -0.1) is 0 Å². The average Bonchev–Trinajstić information content (AvgIpc) is 2.54. The average molecular weight is 293 g/mol. The molecule has 4 nitrogen and oxygen atoms in total. The Balaban J connectivity index is 2.21. The highest BCUT2D eigenvalue weighted by molar-refractivity contribution is 5.97. The van der Waals surface area contributed by atoms with Crippen LogP contribution in [-0.4, -0.2) is 12.6 Å². The molecular formula is C18H15NO3. The lowest BCUT2D eigenvalue weighted by Gasteiger charge is -2.06. The van der Waals surface area contributed by atoms with E-state index in [-0.39, 0.29) is 12.2 Å². The standard InChI is InChI=1S/C18H15NO3/c1-2-21-18(20)15(13-19)11-14-7-6-10-17(12-14)22-16-8-4-3-5-9-16/h3-12H,2H2,1H3. The van der Waals surface area contributed by atoms with Crippen molar-refractivity contribution in [1.82, 2.24) is 0 Å². The van der Waals surface area contributed by atoms with Crippen LogP contribution >= 0.6 is 0 Å². The van der Waals surface area contributed by atoms with Gasteiger partial charge < -0.3 is 9.47 Å². The normalized spacial score (nSPS) is 10.6. The Morgan fingerprint density at radius 2 is 1.86 bits per heavy atom. The Morgan fingerprint density at radius 1 is 1.14 bits per heavy atom. The molecule has 0 atom stereocenters. The summed E-state index contributed by atoms with van der Waals surface area (Å²) in [5.41, 5.74) is 0.650. The predicted molar refractivity (Wildman–Crippen MR) is 83.2 cm³/mol. The molecule has 0 heterocycles. The van der Waals surface area contributed by atoms with E-state index in [0.29, 0.717) is 11.3 Å². The van der Waals surface area contributed by atoms with E-state index in [1.54, 1.807) is 31.2 Å². The summed E-state index contributed by atoms with van der Waals surface area (Å²) in [6, 6.07) is 18.4. The van der Waals surface area contributed by atoms with Gasteiger partial charge in [0.2, 0.25) is 0 Å². The summed E-state index contributed by atoms with van der Waals surface area (Å²) in [5.74, 6) is 0.718. The molecule has 0 amide bonds. The number of esters is 1. The molecule has 0 fully saturated rings. The minimum absolute atomic E-state index is 0.0429. The summed E-state index contributed by atoms with van der Waals surface area (Å²) in [5, 5.41) is 9.04. The number of hydrogen-bond donors (Lipinski definition) is 0. The second-order valence-corrected chi connectivity index (χ2v) is 4.38. The van der Waals surface area contributed by atoms with Gasteiger partial charge in [-0.2, -0.15) is 5.26 Å². The van der Waals surface area contributed by atoms with Crippen molar-refractivity contribution in [2.45, 2.75) is 6.92 Å². The zero-order valence-electron chi connectivity index (χ0n) is 12.2. The van der Waals surface area contributed by atoms with E-state index >= 15 is 0 Å². The van der Waals surface area contributed by atoms with E-state index < -0.39 is 5.97 Å². The Morgan fingerprint density at radius 3 is 2.55 bits per heavy atom. The van der Waals surface area contributed by atoms with Crippen molar-refractivity contribution in [2.75, 3.05) is 6.61 Å². The van der Waals surface area contributed by atoms with Crippen LogP contribution in [0.5, 0.6) is 11.5 Å². The van der Waals surface area contributed by atoms with Gasteiger partial charge >= 0.3 is 5.97 Å². The number of hydrogen-bond acceptors (Lipinski definition) is 4. The first-order chi connectivity index (χ1) is 10.7. The number of nitrogens with zero attached hydrogens (tertiary/aromatic N) is 1. The fraction of sp³-hybridized carbons (Fsp3) is 0.111. The number of rotatable bonds is 5. The molecule has 2 rings (SSSR count). The highest BCUT2D eigenvalue weighted by atomic mass is 16.5. The first kappa shape index (κ1) is 15.3. The Hall–Kier alpha value is -3.06. The molecule has 0 saturated carbocycles. The highest BCUT2D eigenvalue weighted by Gasteiger charge is 2.09. The lowest BCUT2D eigenvalue weighted by molar-refractivity contribution is -0.137. The summed E-state index contributed by atoms with van der Waals surface area (Å²) in [4.78, 5) is 11.6. The van der Waals surface area contributed by atoms with Crippen molar-refractivity contribution in [2.24, 2.45) is 0 Å². The third-order valence-corrected chi connectivity index (χ3v) is 2.76. The smallest absolute Gasteiger partial charge is 0.348 e. The Bertz CT molecular complexity index is 715. The van der Waals surface area contributed by atoms with Gasteiger partial charge in [0.1, 0.15) is 23.1 Å². The quantitative estimate of drug-likeness (QED) is 0.476. The van der Waals surface area contributed by atoms with E-state index in [2.05, 4.69) is 0 Å². The van der Waals surface area contributed by atoms with Crippen molar-refractivity contribution in [3.63, 3.8) is 0 Å². The summed E-state index contributed by atoms with van der Waals surface area (Å²) in [6.45, 7) is 1.93. The first-order valence-corrected chi connectivity index (χ1v) is 6.85. The molecule has 2 aromatic rings. The summed E-state index contributed by atoms with van der Waals surface area (Å²) < 4.78 is 10.5. The van der Waals surface area contributed by atoms with Crippen LogP contribution in [0.3, 0.4) is 0 Å². The van der Waals surface area contributed by atoms with Crippen molar-refractivity contribution >= 4 is 12.0 Å². The highest BCUT2D eigenvalue weighted by Crippen LogP contribution is 2.22. The molecule has 110 valence electrons. The topological polar surface area (TPSA) is 59.3 Å². The Labute approximate surface area is 129 Å². The van der Waals surface area contributed by atoms with Crippen molar-refractivity contribution in [3.05, 3.63) is 65.7 Å². The van der Waals surface area contributed by atoms with Gasteiger partial charge in [-0.25, -0.2) is 4.79 Å². The number of benzene rings is 2. The van der Waals surface area contributed by atoms with E-state index in [4.69, 9.17) is 14.7 Å². The van der Waals surface area contributed by atoms with Crippen LogP contribution in [0.25, 0.3) is 6.08 Å². The van der Waals surface area contributed by atoms with Gasteiger partial charge in [0.15, 0.2) is 0 Å². The molecule has 0 aromatic heterocycles. The van der Waals surface area contributed by atoms with Crippen LogP contribution in [0.15, 0.2) is 60.2 Å². The van der Waals surface area contributed by atoms with E-state index in [9.17, 15) is 4.79 Å². The molecular weight excluding hydrogens is 278 g/mol. The molecule has 22 heavy (non-hydrogen) atoms. The maximum atomic E-state index is 11.6. The third-order valence-electron chi connectivity index (χ3n) is 2.76. The van der Waals surface area contributed by atoms with E-state index in [1.807, 2.05) is 36.4 Å². The molecule has 0 aliphatic heterocycles. The molecule has 0 radical (unpaired) electrons. The van der Waals surface area contributed by atoms with Gasteiger partial charge in [0, 0.05) is 0 Å². The van der Waals surface area contributed by atoms with Crippen LogP contribution in [0.1, 0.15) is 12.5 Å². The second kappa shape index (κ2) is 7.65. The van der Waals surface area contributed by atoms with Gasteiger partial charge in [-0.3, -0.25) is 0 Å². The summed E-state index contributed by atoms with van der Waals surface area (Å²) in [7, 11) is 0. The lowest BCUT2D eigenvalue weighted by Crippen LogP contribution is -2.05. The number of para-hydroxylation sites is 1. The summed E-state index contributed by atoms with van der Waals surface area (Å²) in [6.07, 6.45) is 1.48. The lowest BCUT2D eigenvalue weighted by atomic mass is 10.1. The van der Waals surface area contributed by atoms with Crippen molar-refractivity contribution in [3.8, 4) is 17.6 Å². The molecule has 4 heteroatoms. The van der Waals surface area contributed by atoms with Crippen LogP contribution in [0, 0.1) is 11.3 Å². The third kappa shape index (κ3) is 4.22. The maximum absolute atomic E-state index is 11.6. The molecule has 0 aliphatic rings. The fourth-order valence-corrected chi connectivity index (χ4v) is 1.80. The minimum atomic E-state index is -0.626. The molecule has 0 unspecified atom stereocenters. The van der Waals surface area contributed by atoms with Crippen molar-refractivity contribution < 1.29 is 14.3 Å². The zero-order valence-corrected chi connectivity index (χ0v) is 12.2. The number of carbonyl (C=O) groups is 1. The molecule has 0 spiro atoms. The molecule has 0 aliphatic carbocycles. The zero-order chi connectivity index (χ0) is 15.8. The van der Waals surface area contributed by atoms with Gasteiger partial charge in [-0.05, 0) is 42.8 Å². The maximum Gasteiger partial charge on any atom is 0.348 e. The van der Waals surface area contributed by atoms with Crippen LogP contribution in [-0.2, 0) is 9.53 Å². The van der Waals surface area contributed by atoms with Gasteiger partial charge in [-0.1, -0.05) is 30.3 Å². The van der Waals surface area contributed by atoms with Gasteiger partial charge in [0.25, 0.3) is 0 Å². The van der Waals surface area contributed by atoms with Gasteiger partial charge in [0.05, 0.1) is 6.61 Å². The second-order valence-electron chi connectivity index (χ2n) is 4.38. The predicted octanol–water partition coefficient (Wildman–Crippen LogP) is 3.95. The monoisotopic (exact) mass is 293 g/mol. The fourth-order valence-electron chi connectivity index (χ4n) is 1.80. The molecule has 0 saturated heterocycles. The molecule has 0 bridgehead atoms. The number of carbonyl (C=O) groups excluding carboxylic acids is 1. The van der Waals surface area contributed by atoms with Crippen LogP contribution in [0.4, 0.5) is 0 Å². The number of nitriles is 1. The van der Waals surface area contributed by atoms with Crippen LogP contribution < -0.4 is 4.74 Å².